The van der Waals surface area contributed by atoms with E-state index < -0.39 is 10.8 Å². The summed E-state index contributed by atoms with van der Waals surface area (Å²) in [6.45, 7) is 1.83. The Balaban J connectivity index is 2.18. The van der Waals surface area contributed by atoms with Gasteiger partial charge in [0.2, 0.25) is 0 Å². The fourth-order valence-corrected chi connectivity index (χ4v) is 2.20. The van der Waals surface area contributed by atoms with Crippen LogP contribution in [0.25, 0.3) is 0 Å². The molecule has 2 rings (SSSR count). The Labute approximate surface area is 130 Å². The van der Waals surface area contributed by atoms with Gasteiger partial charge in [0, 0.05) is 10.5 Å². The molecule has 0 fully saturated rings. The molecule has 1 atom stereocenters. The molecule has 2 aromatic carbocycles. The number of halogens is 1. The summed E-state index contributed by atoms with van der Waals surface area (Å²) in [5.74, 6) is -0.460. The first-order chi connectivity index (χ1) is 9.99. The van der Waals surface area contributed by atoms with E-state index in [9.17, 15) is 14.9 Å². The van der Waals surface area contributed by atoms with E-state index in [1.165, 1.54) is 18.2 Å². The number of rotatable bonds is 4. The van der Waals surface area contributed by atoms with Gasteiger partial charge in [0.05, 0.1) is 11.0 Å². The van der Waals surface area contributed by atoms with Crippen molar-refractivity contribution in [3.8, 4) is 0 Å². The molecule has 0 heterocycles. The predicted molar refractivity (Wildman–Crippen MR) is 83.1 cm³/mol. The van der Waals surface area contributed by atoms with Crippen molar-refractivity contribution in [3.63, 3.8) is 0 Å². The summed E-state index contributed by atoms with van der Waals surface area (Å²) >= 11 is 3.35. The summed E-state index contributed by atoms with van der Waals surface area (Å²) in [4.78, 5) is 22.6. The summed E-state index contributed by atoms with van der Waals surface area (Å²) in [5.41, 5.74) is 0.787. The molecule has 0 saturated carbocycles. The lowest BCUT2D eigenvalue weighted by Crippen LogP contribution is -2.27. The van der Waals surface area contributed by atoms with Crippen molar-refractivity contribution in [2.45, 2.75) is 13.0 Å². The van der Waals surface area contributed by atoms with Crippen LogP contribution in [0.1, 0.15) is 28.9 Å². The Bertz CT molecular complexity index is 671. The fourth-order valence-electron chi connectivity index (χ4n) is 1.93. The largest absolute Gasteiger partial charge is 0.345 e. The number of amides is 1. The number of hydrogen-bond donors (Lipinski definition) is 1. The van der Waals surface area contributed by atoms with Crippen molar-refractivity contribution in [2.75, 3.05) is 0 Å². The Kier molecular flexibility index (Phi) is 4.70. The highest BCUT2D eigenvalue weighted by atomic mass is 79.9. The standard InChI is InChI=1S/C15H13BrN2O3/c1-10(11-6-8-12(16)9-7-11)17-15(19)13-4-2-3-5-14(13)18(20)21/h2-10H,1H3,(H,17,19)/t10-/m1/s1. The van der Waals surface area contributed by atoms with Gasteiger partial charge in [-0.1, -0.05) is 40.2 Å². The van der Waals surface area contributed by atoms with Crippen molar-refractivity contribution < 1.29 is 9.72 Å². The molecule has 2 aromatic rings. The third kappa shape index (κ3) is 3.66. The molecule has 1 amide bonds. The highest BCUT2D eigenvalue weighted by Gasteiger charge is 2.20. The molecule has 5 nitrogen and oxygen atoms in total. The molecule has 0 aliphatic rings. The van der Waals surface area contributed by atoms with E-state index in [2.05, 4.69) is 21.2 Å². The van der Waals surface area contributed by atoms with Crippen LogP contribution in [0.15, 0.2) is 53.0 Å². The van der Waals surface area contributed by atoms with Crippen LogP contribution >= 0.6 is 15.9 Å². The first-order valence-corrected chi connectivity index (χ1v) is 7.08. The van der Waals surface area contributed by atoms with E-state index in [-0.39, 0.29) is 17.3 Å². The minimum atomic E-state index is -0.556. The summed E-state index contributed by atoms with van der Waals surface area (Å²) in [6, 6.07) is 13.2. The monoisotopic (exact) mass is 348 g/mol. The summed E-state index contributed by atoms with van der Waals surface area (Å²) in [5, 5.41) is 13.7. The summed E-state index contributed by atoms with van der Waals surface area (Å²) < 4.78 is 0.948. The number of benzene rings is 2. The van der Waals surface area contributed by atoms with Gasteiger partial charge in [-0.15, -0.1) is 0 Å². The van der Waals surface area contributed by atoms with E-state index in [4.69, 9.17) is 0 Å². The third-order valence-corrected chi connectivity index (χ3v) is 3.59. The molecule has 6 heteroatoms. The van der Waals surface area contributed by atoms with Crippen LogP contribution in [0.5, 0.6) is 0 Å². The zero-order valence-electron chi connectivity index (χ0n) is 11.2. The van der Waals surface area contributed by atoms with Crippen LogP contribution in [-0.2, 0) is 0 Å². The second-order valence-electron chi connectivity index (χ2n) is 4.52. The molecule has 0 radical (unpaired) electrons. The minimum Gasteiger partial charge on any atom is -0.345 e. The molecule has 0 aromatic heterocycles. The molecule has 21 heavy (non-hydrogen) atoms. The van der Waals surface area contributed by atoms with E-state index in [0.717, 1.165) is 10.0 Å². The second kappa shape index (κ2) is 6.49. The lowest BCUT2D eigenvalue weighted by Gasteiger charge is -2.14. The Morgan fingerprint density at radius 1 is 1.19 bits per heavy atom. The van der Waals surface area contributed by atoms with Gasteiger partial charge in [-0.05, 0) is 30.7 Å². The van der Waals surface area contributed by atoms with Crippen molar-refractivity contribution in [2.24, 2.45) is 0 Å². The van der Waals surface area contributed by atoms with E-state index in [1.54, 1.807) is 6.07 Å². The molecular weight excluding hydrogens is 336 g/mol. The van der Waals surface area contributed by atoms with Crippen LogP contribution in [-0.4, -0.2) is 10.8 Å². The number of para-hydroxylation sites is 1. The van der Waals surface area contributed by atoms with Gasteiger partial charge < -0.3 is 5.32 Å². The predicted octanol–water partition coefficient (Wildman–Crippen LogP) is 3.85. The molecule has 0 unspecified atom stereocenters. The van der Waals surface area contributed by atoms with Crippen molar-refractivity contribution >= 4 is 27.5 Å². The quantitative estimate of drug-likeness (QED) is 0.673. The highest BCUT2D eigenvalue weighted by Crippen LogP contribution is 2.20. The molecule has 0 saturated heterocycles. The Morgan fingerprint density at radius 2 is 1.81 bits per heavy atom. The number of hydrogen-bond acceptors (Lipinski definition) is 3. The molecule has 108 valence electrons. The van der Waals surface area contributed by atoms with Crippen LogP contribution < -0.4 is 5.32 Å². The van der Waals surface area contributed by atoms with Crippen molar-refractivity contribution in [1.82, 2.24) is 5.32 Å². The van der Waals surface area contributed by atoms with Crippen LogP contribution in [0.2, 0.25) is 0 Å². The molecule has 0 aliphatic heterocycles. The molecule has 0 bridgehead atoms. The number of carbonyl (C=O) groups excluding carboxylic acids is 1. The Morgan fingerprint density at radius 3 is 2.43 bits per heavy atom. The first-order valence-electron chi connectivity index (χ1n) is 6.29. The smallest absolute Gasteiger partial charge is 0.282 e. The average Bonchev–Trinajstić information content (AvgIpc) is 2.47. The number of carbonyl (C=O) groups is 1. The normalized spacial score (nSPS) is 11.7. The van der Waals surface area contributed by atoms with E-state index in [1.807, 2.05) is 31.2 Å². The van der Waals surface area contributed by atoms with Gasteiger partial charge in [-0.3, -0.25) is 14.9 Å². The number of nitrogens with one attached hydrogen (secondary N) is 1. The number of nitrogens with zero attached hydrogens (tertiary/aromatic N) is 1. The van der Waals surface area contributed by atoms with Gasteiger partial charge >= 0.3 is 0 Å². The van der Waals surface area contributed by atoms with Gasteiger partial charge in [0.1, 0.15) is 5.56 Å². The SMILES string of the molecule is C[C@@H](NC(=O)c1ccccc1[N+](=O)[O-])c1ccc(Br)cc1. The average molecular weight is 349 g/mol. The van der Waals surface area contributed by atoms with Crippen molar-refractivity contribution in [1.29, 1.82) is 0 Å². The van der Waals surface area contributed by atoms with Crippen LogP contribution in [0, 0.1) is 10.1 Å². The zero-order valence-corrected chi connectivity index (χ0v) is 12.8. The molecular formula is C15H13BrN2O3. The summed E-state index contributed by atoms with van der Waals surface area (Å²) in [7, 11) is 0. The maximum atomic E-state index is 12.2. The third-order valence-electron chi connectivity index (χ3n) is 3.06. The number of nitro benzene ring substituents is 1. The minimum absolute atomic E-state index is 0.0615. The summed E-state index contributed by atoms with van der Waals surface area (Å²) in [6.07, 6.45) is 0. The molecule has 0 aliphatic carbocycles. The van der Waals surface area contributed by atoms with Crippen LogP contribution in [0.3, 0.4) is 0 Å². The maximum absolute atomic E-state index is 12.2. The van der Waals surface area contributed by atoms with Gasteiger partial charge in [0.15, 0.2) is 0 Å². The Hall–Kier alpha value is -2.21. The van der Waals surface area contributed by atoms with Gasteiger partial charge in [0.25, 0.3) is 11.6 Å². The lowest BCUT2D eigenvalue weighted by atomic mass is 10.1. The maximum Gasteiger partial charge on any atom is 0.282 e. The number of nitro groups is 1. The molecule has 0 spiro atoms. The topological polar surface area (TPSA) is 72.2 Å². The van der Waals surface area contributed by atoms with E-state index >= 15 is 0 Å². The zero-order chi connectivity index (χ0) is 15.4. The fraction of sp³-hybridized carbons (Fsp3) is 0.133. The van der Waals surface area contributed by atoms with Gasteiger partial charge in [-0.2, -0.15) is 0 Å². The van der Waals surface area contributed by atoms with Gasteiger partial charge in [-0.25, -0.2) is 0 Å². The van der Waals surface area contributed by atoms with Crippen LogP contribution in [0.4, 0.5) is 5.69 Å². The first kappa shape index (κ1) is 15.2. The lowest BCUT2D eigenvalue weighted by molar-refractivity contribution is -0.385. The second-order valence-corrected chi connectivity index (χ2v) is 5.44. The van der Waals surface area contributed by atoms with Crippen molar-refractivity contribution in [3.05, 3.63) is 74.2 Å². The van der Waals surface area contributed by atoms with E-state index in [0.29, 0.717) is 0 Å². The molecule has 1 N–H and O–H groups in total. The highest BCUT2D eigenvalue weighted by molar-refractivity contribution is 9.10.